The number of para-hydroxylation sites is 2. The minimum absolute atomic E-state index is 0.445. The van der Waals surface area contributed by atoms with Crippen LogP contribution in [0.25, 0.3) is 0 Å². The molecule has 4 heteroatoms. The lowest BCUT2D eigenvalue weighted by Crippen LogP contribution is -2.11. The van der Waals surface area contributed by atoms with E-state index in [9.17, 15) is 0 Å². The fourth-order valence-electron chi connectivity index (χ4n) is 1.87. The van der Waals surface area contributed by atoms with Crippen LogP contribution >= 0.6 is 11.6 Å². The van der Waals surface area contributed by atoms with Crippen LogP contribution in [0.4, 0.5) is 0 Å². The third-order valence-electron chi connectivity index (χ3n) is 2.82. The third kappa shape index (κ3) is 4.15. The van der Waals surface area contributed by atoms with Gasteiger partial charge in [0.2, 0.25) is 0 Å². The van der Waals surface area contributed by atoms with Crippen LogP contribution in [0.15, 0.2) is 48.5 Å². The predicted octanol–water partition coefficient (Wildman–Crippen LogP) is 3.30. The highest BCUT2D eigenvalue weighted by Crippen LogP contribution is 2.23. The first kappa shape index (κ1) is 14.7. The summed E-state index contributed by atoms with van der Waals surface area (Å²) in [4.78, 5) is 0. The molecule has 0 amide bonds. The van der Waals surface area contributed by atoms with Gasteiger partial charge in [-0.05, 0) is 36.7 Å². The third-order valence-corrected chi connectivity index (χ3v) is 3.13. The van der Waals surface area contributed by atoms with Gasteiger partial charge in [0.15, 0.2) is 0 Å². The van der Waals surface area contributed by atoms with Gasteiger partial charge in [-0.2, -0.15) is 0 Å². The molecule has 0 spiro atoms. The Hall–Kier alpha value is -1.71. The number of hydrogen-bond acceptors (Lipinski definition) is 3. The number of hydrogen-bond donors (Lipinski definition) is 1. The van der Waals surface area contributed by atoms with E-state index in [1.54, 1.807) is 6.07 Å². The molecule has 0 saturated carbocycles. The fourth-order valence-corrected chi connectivity index (χ4v) is 2.06. The van der Waals surface area contributed by atoms with E-state index in [2.05, 4.69) is 0 Å². The lowest BCUT2D eigenvalue weighted by atomic mass is 10.1. The zero-order valence-electron chi connectivity index (χ0n) is 11.2. The lowest BCUT2D eigenvalue weighted by Gasteiger charge is -2.12. The molecule has 0 aromatic heterocycles. The standard InChI is InChI=1S/C16H18ClNO2/c17-14-6-2-4-8-16(14)20-12-11-19-15-7-3-1-5-13(15)9-10-18/h1-8H,9-12,18H2. The van der Waals surface area contributed by atoms with Gasteiger partial charge in [0.1, 0.15) is 24.7 Å². The summed E-state index contributed by atoms with van der Waals surface area (Å²) in [5.74, 6) is 1.54. The van der Waals surface area contributed by atoms with E-state index in [1.165, 1.54) is 0 Å². The summed E-state index contributed by atoms with van der Waals surface area (Å²) in [5, 5.41) is 0.607. The van der Waals surface area contributed by atoms with Crippen molar-refractivity contribution in [1.29, 1.82) is 0 Å². The topological polar surface area (TPSA) is 44.5 Å². The average Bonchev–Trinajstić information content (AvgIpc) is 2.47. The summed E-state index contributed by atoms with van der Waals surface area (Å²) in [5.41, 5.74) is 6.70. The molecule has 0 aliphatic heterocycles. The summed E-state index contributed by atoms with van der Waals surface area (Å²) in [6, 6.07) is 15.3. The SMILES string of the molecule is NCCc1ccccc1OCCOc1ccccc1Cl. The second-order valence-corrected chi connectivity index (χ2v) is 4.68. The maximum Gasteiger partial charge on any atom is 0.138 e. The molecular formula is C16H18ClNO2. The maximum absolute atomic E-state index is 6.01. The van der Waals surface area contributed by atoms with E-state index in [4.69, 9.17) is 26.8 Å². The summed E-state index contributed by atoms with van der Waals surface area (Å²) in [7, 11) is 0. The zero-order chi connectivity index (χ0) is 14.2. The molecule has 0 bridgehead atoms. The number of halogens is 1. The number of ether oxygens (including phenoxy) is 2. The van der Waals surface area contributed by atoms with Crippen molar-refractivity contribution < 1.29 is 9.47 Å². The molecular weight excluding hydrogens is 274 g/mol. The summed E-state index contributed by atoms with van der Waals surface area (Å²) >= 11 is 6.01. The van der Waals surface area contributed by atoms with Crippen molar-refractivity contribution in [1.82, 2.24) is 0 Å². The Balaban J connectivity index is 1.83. The normalized spacial score (nSPS) is 10.3. The highest BCUT2D eigenvalue weighted by atomic mass is 35.5. The lowest BCUT2D eigenvalue weighted by molar-refractivity contribution is 0.216. The maximum atomic E-state index is 6.01. The summed E-state index contributed by atoms with van der Waals surface area (Å²) in [6.45, 7) is 1.52. The Kier molecular flexibility index (Phi) is 5.71. The molecule has 0 fully saturated rings. The fraction of sp³-hybridized carbons (Fsp3) is 0.250. The van der Waals surface area contributed by atoms with Crippen LogP contribution in [-0.4, -0.2) is 19.8 Å². The first-order valence-electron chi connectivity index (χ1n) is 6.59. The first-order chi connectivity index (χ1) is 9.81. The molecule has 0 aliphatic carbocycles. The van der Waals surface area contributed by atoms with Gasteiger partial charge in [-0.1, -0.05) is 41.9 Å². The minimum Gasteiger partial charge on any atom is -0.490 e. The van der Waals surface area contributed by atoms with Crippen LogP contribution in [0.5, 0.6) is 11.5 Å². The largest absolute Gasteiger partial charge is 0.490 e. The number of nitrogens with two attached hydrogens (primary N) is 1. The summed E-state index contributed by atoms with van der Waals surface area (Å²) in [6.07, 6.45) is 0.807. The minimum atomic E-state index is 0.445. The van der Waals surface area contributed by atoms with Gasteiger partial charge in [-0.15, -0.1) is 0 Å². The Morgan fingerprint density at radius 2 is 1.45 bits per heavy atom. The van der Waals surface area contributed by atoms with Crippen LogP contribution < -0.4 is 15.2 Å². The Morgan fingerprint density at radius 3 is 2.15 bits per heavy atom. The van der Waals surface area contributed by atoms with Crippen LogP contribution in [0.3, 0.4) is 0 Å². The molecule has 106 valence electrons. The predicted molar refractivity (Wildman–Crippen MR) is 81.6 cm³/mol. The Bertz CT molecular complexity index is 546. The molecule has 0 atom stereocenters. The Morgan fingerprint density at radius 1 is 0.850 bits per heavy atom. The van der Waals surface area contributed by atoms with Gasteiger partial charge in [0.05, 0.1) is 5.02 Å². The van der Waals surface area contributed by atoms with Gasteiger partial charge in [-0.3, -0.25) is 0 Å². The molecule has 2 N–H and O–H groups in total. The monoisotopic (exact) mass is 291 g/mol. The van der Waals surface area contributed by atoms with Crippen LogP contribution in [0.2, 0.25) is 5.02 Å². The second kappa shape index (κ2) is 7.78. The van der Waals surface area contributed by atoms with Crippen molar-refractivity contribution in [2.75, 3.05) is 19.8 Å². The van der Waals surface area contributed by atoms with Gasteiger partial charge >= 0.3 is 0 Å². The van der Waals surface area contributed by atoms with Gasteiger partial charge in [-0.25, -0.2) is 0 Å². The van der Waals surface area contributed by atoms with Crippen molar-refractivity contribution in [3.63, 3.8) is 0 Å². The van der Waals surface area contributed by atoms with E-state index in [0.29, 0.717) is 30.5 Å². The number of rotatable bonds is 7. The van der Waals surface area contributed by atoms with Crippen LogP contribution in [0.1, 0.15) is 5.56 Å². The highest BCUT2D eigenvalue weighted by Gasteiger charge is 2.03. The van der Waals surface area contributed by atoms with Crippen molar-refractivity contribution in [2.24, 2.45) is 5.73 Å². The highest BCUT2D eigenvalue weighted by molar-refractivity contribution is 6.32. The summed E-state index contributed by atoms with van der Waals surface area (Å²) < 4.78 is 11.3. The zero-order valence-corrected chi connectivity index (χ0v) is 12.0. The smallest absolute Gasteiger partial charge is 0.138 e. The van der Waals surface area contributed by atoms with Gasteiger partial charge in [0, 0.05) is 0 Å². The van der Waals surface area contributed by atoms with Gasteiger partial charge < -0.3 is 15.2 Å². The van der Waals surface area contributed by atoms with Crippen molar-refractivity contribution in [2.45, 2.75) is 6.42 Å². The molecule has 2 aromatic rings. The van der Waals surface area contributed by atoms with E-state index >= 15 is 0 Å². The van der Waals surface area contributed by atoms with Gasteiger partial charge in [0.25, 0.3) is 0 Å². The quantitative estimate of drug-likeness (QED) is 0.796. The molecule has 0 radical (unpaired) electrons. The molecule has 0 unspecified atom stereocenters. The molecule has 0 aliphatic rings. The molecule has 0 heterocycles. The van der Waals surface area contributed by atoms with E-state index in [1.807, 2.05) is 42.5 Å². The van der Waals surface area contributed by atoms with E-state index in [-0.39, 0.29) is 0 Å². The first-order valence-corrected chi connectivity index (χ1v) is 6.97. The number of benzene rings is 2. The van der Waals surface area contributed by atoms with E-state index < -0.39 is 0 Å². The van der Waals surface area contributed by atoms with Crippen molar-refractivity contribution >= 4 is 11.6 Å². The molecule has 3 nitrogen and oxygen atoms in total. The molecule has 2 rings (SSSR count). The van der Waals surface area contributed by atoms with E-state index in [0.717, 1.165) is 17.7 Å². The average molecular weight is 292 g/mol. The molecule has 2 aromatic carbocycles. The van der Waals surface area contributed by atoms with Crippen LogP contribution in [0, 0.1) is 0 Å². The van der Waals surface area contributed by atoms with Crippen LogP contribution in [-0.2, 0) is 6.42 Å². The second-order valence-electron chi connectivity index (χ2n) is 4.27. The Labute approximate surface area is 124 Å². The molecule has 20 heavy (non-hydrogen) atoms. The van der Waals surface area contributed by atoms with Crippen molar-refractivity contribution in [3.8, 4) is 11.5 Å². The molecule has 0 saturated heterocycles. The van der Waals surface area contributed by atoms with Crippen molar-refractivity contribution in [3.05, 3.63) is 59.1 Å².